The molecule has 29 heavy (non-hydrogen) atoms. The number of ether oxygens (including phenoxy) is 1. The standard InChI is InChI=1S/C23H19N5O/c1-4-19-23-18(11-16-7-5-6-15(2)10-16)22-13-25-26-28(22)21-12-17(29-3)8-9-20(21)27(23)14-24-19/h1,5-10,12-14,18H,11H2,2-3H3. The molecule has 6 heteroatoms. The first-order valence-corrected chi connectivity index (χ1v) is 9.38. The van der Waals surface area contributed by atoms with Gasteiger partial charge in [0.25, 0.3) is 0 Å². The van der Waals surface area contributed by atoms with Crippen molar-refractivity contribution in [3.63, 3.8) is 0 Å². The SMILES string of the molecule is C#Cc1ncn2c1C(Cc1cccc(C)c1)c1cnnn1-c1cc(OC)ccc1-2. The Kier molecular flexibility index (Phi) is 3.95. The molecule has 0 N–H and O–H groups in total. The van der Waals surface area contributed by atoms with Gasteiger partial charge in [-0.25, -0.2) is 9.67 Å². The van der Waals surface area contributed by atoms with Crippen LogP contribution in [0.3, 0.4) is 0 Å². The number of rotatable bonds is 3. The Bertz CT molecular complexity index is 1260. The fourth-order valence-electron chi connectivity index (χ4n) is 4.08. The molecule has 0 radical (unpaired) electrons. The first-order valence-electron chi connectivity index (χ1n) is 9.38. The average molecular weight is 381 g/mol. The zero-order chi connectivity index (χ0) is 20.0. The summed E-state index contributed by atoms with van der Waals surface area (Å²) in [6, 6.07) is 14.4. The number of hydrogen-bond acceptors (Lipinski definition) is 4. The minimum atomic E-state index is -0.0428. The number of terminal acetylenes is 1. The molecule has 1 atom stereocenters. The van der Waals surface area contributed by atoms with Gasteiger partial charge in [0, 0.05) is 6.07 Å². The van der Waals surface area contributed by atoms with Gasteiger partial charge in [-0.2, -0.15) is 0 Å². The van der Waals surface area contributed by atoms with Gasteiger partial charge in [0.05, 0.1) is 42.0 Å². The van der Waals surface area contributed by atoms with E-state index in [4.69, 9.17) is 11.2 Å². The molecule has 2 aromatic carbocycles. The summed E-state index contributed by atoms with van der Waals surface area (Å²) in [6.45, 7) is 2.10. The lowest BCUT2D eigenvalue weighted by Crippen LogP contribution is -2.12. The van der Waals surface area contributed by atoms with Crippen LogP contribution in [-0.4, -0.2) is 31.7 Å². The van der Waals surface area contributed by atoms with Crippen LogP contribution in [0, 0.1) is 19.3 Å². The minimum absolute atomic E-state index is 0.0428. The molecule has 1 aliphatic heterocycles. The largest absolute Gasteiger partial charge is 0.497 e. The quantitative estimate of drug-likeness (QED) is 0.510. The van der Waals surface area contributed by atoms with Crippen LogP contribution in [0.4, 0.5) is 0 Å². The highest BCUT2D eigenvalue weighted by Crippen LogP contribution is 2.38. The highest BCUT2D eigenvalue weighted by Gasteiger charge is 2.31. The molecule has 4 aromatic rings. The smallest absolute Gasteiger partial charge is 0.135 e. The van der Waals surface area contributed by atoms with Crippen molar-refractivity contribution in [2.45, 2.75) is 19.3 Å². The summed E-state index contributed by atoms with van der Waals surface area (Å²) in [7, 11) is 1.65. The highest BCUT2D eigenvalue weighted by molar-refractivity contribution is 5.60. The molecule has 0 bridgehead atoms. The van der Waals surface area contributed by atoms with Gasteiger partial charge in [-0.15, -0.1) is 11.5 Å². The molecule has 1 aliphatic rings. The molecule has 0 fully saturated rings. The number of nitrogens with zero attached hydrogens (tertiary/aromatic N) is 5. The Morgan fingerprint density at radius 1 is 1.17 bits per heavy atom. The molecule has 142 valence electrons. The highest BCUT2D eigenvalue weighted by atomic mass is 16.5. The third kappa shape index (κ3) is 2.71. The van der Waals surface area contributed by atoms with Crippen LogP contribution >= 0.6 is 0 Å². The predicted octanol–water partition coefficient (Wildman–Crippen LogP) is 3.44. The van der Waals surface area contributed by atoms with Gasteiger partial charge in [0.15, 0.2) is 0 Å². The number of aromatic nitrogens is 5. The molecular formula is C23H19N5O. The van der Waals surface area contributed by atoms with Crippen molar-refractivity contribution in [3.8, 4) is 29.5 Å². The van der Waals surface area contributed by atoms with Gasteiger partial charge in [0.1, 0.15) is 17.8 Å². The van der Waals surface area contributed by atoms with Crippen LogP contribution in [0.2, 0.25) is 0 Å². The Morgan fingerprint density at radius 3 is 2.86 bits per heavy atom. The summed E-state index contributed by atoms with van der Waals surface area (Å²) in [6.07, 6.45) is 10.2. The fourth-order valence-corrected chi connectivity index (χ4v) is 4.08. The van der Waals surface area contributed by atoms with E-state index in [2.05, 4.69) is 57.0 Å². The molecule has 0 saturated heterocycles. The Labute approximate surface area is 168 Å². The molecule has 1 unspecified atom stereocenters. The van der Waals surface area contributed by atoms with E-state index in [0.717, 1.165) is 34.9 Å². The van der Waals surface area contributed by atoms with Crippen LogP contribution in [0.15, 0.2) is 55.0 Å². The van der Waals surface area contributed by atoms with Gasteiger partial charge in [-0.05, 0) is 37.0 Å². The second kappa shape index (κ2) is 6.64. The van der Waals surface area contributed by atoms with Crippen LogP contribution in [0.1, 0.15) is 34.1 Å². The first kappa shape index (κ1) is 17.3. The molecule has 2 aromatic heterocycles. The zero-order valence-corrected chi connectivity index (χ0v) is 16.2. The van der Waals surface area contributed by atoms with Crippen molar-refractivity contribution in [1.29, 1.82) is 0 Å². The van der Waals surface area contributed by atoms with E-state index in [-0.39, 0.29) is 5.92 Å². The minimum Gasteiger partial charge on any atom is -0.497 e. The molecule has 0 amide bonds. The summed E-state index contributed by atoms with van der Waals surface area (Å²) in [5, 5.41) is 8.60. The normalized spacial score (nSPS) is 14.3. The number of benzene rings is 2. The van der Waals surface area contributed by atoms with Gasteiger partial charge >= 0.3 is 0 Å². The van der Waals surface area contributed by atoms with Gasteiger partial charge in [0.2, 0.25) is 0 Å². The monoisotopic (exact) mass is 381 g/mol. The molecule has 0 spiro atoms. The molecule has 6 nitrogen and oxygen atoms in total. The molecule has 0 aliphatic carbocycles. The Morgan fingerprint density at radius 2 is 2.07 bits per heavy atom. The van der Waals surface area contributed by atoms with Crippen molar-refractivity contribution >= 4 is 0 Å². The molecule has 5 rings (SSSR count). The number of fused-ring (bicyclic) bond motifs is 5. The summed E-state index contributed by atoms with van der Waals surface area (Å²) >= 11 is 0. The van der Waals surface area contributed by atoms with Crippen molar-refractivity contribution in [3.05, 3.63) is 83.2 Å². The van der Waals surface area contributed by atoms with Crippen molar-refractivity contribution in [1.82, 2.24) is 24.5 Å². The van der Waals surface area contributed by atoms with E-state index in [1.807, 2.05) is 29.1 Å². The number of methoxy groups -OCH3 is 1. The predicted molar refractivity (Wildman–Crippen MR) is 110 cm³/mol. The number of imidazole rings is 1. The topological polar surface area (TPSA) is 57.8 Å². The van der Waals surface area contributed by atoms with E-state index in [1.54, 1.807) is 13.4 Å². The van der Waals surface area contributed by atoms with Crippen molar-refractivity contribution < 1.29 is 4.74 Å². The van der Waals surface area contributed by atoms with E-state index in [1.165, 1.54) is 11.1 Å². The molecule has 3 heterocycles. The second-order valence-corrected chi connectivity index (χ2v) is 7.16. The lowest BCUT2D eigenvalue weighted by molar-refractivity contribution is 0.414. The number of hydrogen-bond donors (Lipinski definition) is 0. The third-order valence-electron chi connectivity index (χ3n) is 5.40. The first-order chi connectivity index (χ1) is 14.2. The maximum absolute atomic E-state index is 5.83. The van der Waals surface area contributed by atoms with E-state index >= 15 is 0 Å². The van der Waals surface area contributed by atoms with Crippen molar-refractivity contribution in [2.24, 2.45) is 0 Å². The average Bonchev–Trinajstić information content (AvgIpc) is 3.37. The van der Waals surface area contributed by atoms with Crippen LogP contribution in [0.25, 0.3) is 11.4 Å². The lowest BCUT2D eigenvalue weighted by Gasteiger charge is -2.17. The Balaban J connectivity index is 1.78. The van der Waals surface area contributed by atoms with E-state index < -0.39 is 0 Å². The maximum Gasteiger partial charge on any atom is 0.135 e. The molecular weight excluding hydrogens is 362 g/mol. The number of aryl methyl sites for hydroxylation is 1. The van der Waals surface area contributed by atoms with Crippen LogP contribution in [0.5, 0.6) is 5.75 Å². The summed E-state index contributed by atoms with van der Waals surface area (Å²) in [5.41, 5.74) is 6.85. The second-order valence-electron chi connectivity index (χ2n) is 7.16. The maximum atomic E-state index is 5.83. The van der Waals surface area contributed by atoms with E-state index in [9.17, 15) is 0 Å². The fraction of sp³-hybridized carbons (Fsp3) is 0.174. The van der Waals surface area contributed by atoms with Gasteiger partial charge in [-0.1, -0.05) is 35.0 Å². The summed E-state index contributed by atoms with van der Waals surface area (Å²) < 4.78 is 9.39. The third-order valence-corrected chi connectivity index (χ3v) is 5.40. The Hall–Kier alpha value is -3.85. The van der Waals surface area contributed by atoms with Gasteiger partial charge < -0.3 is 4.74 Å². The van der Waals surface area contributed by atoms with Gasteiger partial charge in [-0.3, -0.25) is 4.57 Å². The molecule has 0 saturated carbocycles. The van der Waals surface area contributed by atoms with Crippen LogP contribution in [-0.2, 0) is 6.42 Å². The van der Waals surface area contributed by atoms with Crippen LogP contribution < -0.4 is 4.74 Å². The van der Waals surface area contributed by atoms with Crippen molar-refractivity contribution in [2.75, 3.05) is 7.11 Å². The lowest BCUT2D eigenvalue weighted by atomic mass is 9.91. The van der Waals surface area contributed by atoms with E-state index in [0.29, 0.717) is 5.69 Å². The summed E-state index contributed by atoms with van der Waals surface area (Å²) in [5.74, 6) is 3.47. The zero-order valence-electron chi connectivity index (χ0n) is 16.2. The summed E-state index contributed by atoms with van der Waals surface area (Å²) in [4.78, 5) is 4.51.